The smallest absolute Gasteiger partial charge is 0.300 e. The average molecular weight is 643 g/mol. The first-order valence-corrected chi connectivity index (χ1v) is 16.4. The number of likely N-dealkylation sites (N-methyl/N-ethyl adjacent to an activating group) is 1. The summed E-state index contributed by atoms with van der Waals surface area (Å²) in [5.74, 6) is -0.0953. The summed E-state index contributed by atoms with van der Waals surface area (Å²) in [6.07, 6.45) is 5.46. The first kappa shape index (κ1) is 33.7. The van der Waals surface area contributed by atoms with E-state index in [2.05, 4.69) is 56.6 Å². The first-order chi connectivity index (χ1) is 22.5. The number of aromatic hydroxyl groups is 1. The van der Waals surface area contributed by atoms with Crippen LogP contribution < -0.4 is 20.4 Å². The number of amides is 2. The van der Waals surface area contributed by atoms with Crippen molar-refractivity contribution in [3.63, 3.8) is 0 Å². The minimum absolute atomic E-state index is 0.0742. The summed E-state index contributed by atoms with van der Waals surface area (Å²) in [4.78, 5) is 46.8. The number of carboxylic acid groups (broad SMARTS) is 1. The molecule has 3 saturated heterocycles. The molecule has 4 heterocycles. The Bertz CT molecular complexity index is 1540. The van der Waals surface area contributed by atoms with Crippen molar-refractivity contribution in [1.29, 1.82) is 0 Å². The number of aliphatic carboxylic acids is 1. The minimum atomic E-state index is -0.833. The van der Waals surface area contributed by atoms with Gasteiger partial charge in [-0.3, -0.25) is 14.4 Å². The number of phenols is 1. The van der Waals surface area contributed by atoms with Crippen molar-refractivity contribution in [1.82, 2.24) is 20.5 Å². The quantitative estimate of drug-likeness (QED) is 0.296. The molecule has 0 unspecified atom stereocenters. The van der Waals surface area contributed by atoms with Crippen molar-refractivity contribution in [2.75, 3.05) is 43.0 Å². The third kappa shape index (κ3) is 8.21. The third-order valence-corrected chi connectivity index (χ3v) is 9.50. The number of hydrogen-bond acceptors (Lipinski definition) is 8. The molecular formula is C36H46N6O5. The molecule has 6 rings (SSSR count). The molecule has 0 spiro atoms. The fourth-order valence-corrected chi connectivity index (χ4v) is 6.88. The predicted octanol–water partition coefficient (Wildman–Crippen LogP) is 4.36. The van der Waals surface area contributed by atoms with Gasteiger partial charge in [-0.25, -0.2) is 4.98 Å². The monoisotopic (exact) mass is 642 g/mol. The number of nitrogens with one attached hydrogen (secondary N) is 2. The van der Waals surface area contributed by atoms with Crippen LogP contribution >= 0.6 is 0 Å². The van der Waals surface area contributed by atoms with Crippen LogP contribution in [-0.2, 0) is 4.79 Å². The van der Waals surface area contributed by atoms with Crippen LogP contribution in [0.15, 0.2) is 60.8 Å². The lowest BCUT2D eigenvalue weighted by Gasteiger charge is -2.40. The molecular weight excluding hydrogens is 596 g/mol. The van der Waals surface area contributed by atoms with E-state index in [1.54, 1.807) is 31.3 Å². The molecule has 0 aliphatic carbocycles. The van der Waals surface area contributed by atoms with Crippen LogP contribution in [0.4, 0.5) is 11.5 Å². The molecule has 2 amide bonds. The zero-order valence-electron chi connectivity index (χ0n) is 27.6. The van der Waals surface area contributed by atoms with Gasteiger partial charge in [0.25, 0.3) is 17.8 Å². The number of rotatable bonds is 7. The highest BCUT2D eigenvalue weighted by atomic mass is 16.4. The molecule has 3 aliphatic heterocycles. The Kier molecular flexibility index (Phi) is 10.7. The number of carbonyl (C=O) groups excluding carboxylic acids is 2. The Hall–Kier alpha value is -4.64. The molecule has 47 heavy (non-hydrogen) atoms. The van der Waals surface area contributed by atoms with Gasteiger partial charge in [0.05, 0.1) is 11.6 Å². The second kappa shape index (κ2) is 14.8. The van der Waals surface area contributed by atoms with Crippen molar-refractivity contribution in [2.45, 2.75) is 70.6 Å². The van der Waals surface area contributed by atoms with E-state index in [-0.39, 0.29) is 41.7 Å². The number of piperidine rings is 1. The number of anilines is 2. The highest BCUT2D eigenvalue weighted by molar-refractivity contribution is 5.96. The van der Waals surface area contributed by atoms with Gasteiger partial charge in [-0.05, 0) is 88.5 Å². The summed E-state index contributed by atoms with van der Waals surface area (Å²) in [6, 6.07) is 17.9. The van der Waals surface area contributed by atoms with E-state index in [1.807, 2.05) is 19.1 Å². The molecule has 3 fully saturated rings. The lowest BCUT2D eigenvalue weighted by Crippen LogP contribution is -2.50. The van der Waals surface area contributed by atoms with Gasteiger partial charge in [0.2, 0.25) is 0 Å². The molecule has 1 aromatic heterocycles. The third-order valence-electron chi connectivity index (χ3n) is 9.50. The summed E-state index contributed by atoms with van der Waals surface area (Å²) in [7, 11) is 2.16. The number of carboxylic acids is 1. The van der Waals surface area contributed by atoms with Gasteiger partial charge < -0.3 is 35.5 Å². The van der Waals surface area contributed by atoms with Crippen molar-refractivity contribution in [2.24, 2.45) is 0 Å². The number of fused-ring (bicyclic) bond motifs is 2. The van der Waals surface area contributed by atoms with Gasteiger partial charge in [-0.1, -0.05) is 18.2 Å². The number of aromatic nitrogens is 1. The fraction of sp³-hybridized carbons (Fsp3) is 0.444. The number of benzene rings is 2. The van der Waals surface area contributed by atoms with E-state index in [1.165, 1.54) is 5.69 Å². The molecule has 0 radical (unpaired) electrons. The average Bonchev–Trinajstić information content (AvgIpc) is 3.32. The molecule has 11 heteroatoms. The van der Waals surface area contributed by atoms with E-state index >= 15 is 0 Å². The Balaban J connectivity index is 0.00000103. The molecule has 2 aromatic carbocycles. The van der Waals surface area contributed by atoms with Crippen molar-refractivity contribution < 1.29 is 24.6 Å². The zero-order chi connectivity index (χ0) is 33.7. The number of piperazine rings is 1. The van der Waals surface area contributed by atoms with Gasteiger partial charge >= 0.3 is 0 Å². The molecule has 11 nitrogen and oxygen atoms in total. The standard InChI is InChI=1S/C34H42N6O3.C2H4O2/c1-22-30(5-4-6-31(22)41)34(43)37-26-19-28-12-13-29(20-26)40(28)32-14-9-25(21-35-32)33(42)36-23(2)24-7-10-27(11-8-24)39-17-15-38(3)16-18-39;1-2(3)4/h4-11,14,21,23,26,28-29,41H,12-13,15-20H2,1-3H3,(H,36,42)(H,37,43);1H3,(H,3,4)/t23-,26-,28+,29-;/m0./s1. The number of phenolic OH excluding ortho intramolecular Hbond substituents is 1. The molecule has 2 bridgehead atoms. The molecule has 250 valence electrons. The normalized spacial score (nSPS) is 21.3. The summed E-state index contributed by atoms with van der Waals surface area (Å²) in [5, 5.41) is 23.7. The van der Waals surface area contributed by atoms with Gasteiger partial charge in [-0.15, -0.1) is 0 Å². The second-order valence-corrected chi connectivity index (χ2v) is 12.9. The van der Waals surface area contributed by atoms with E-state index in [9.17, 15) is 14.7 Å². The molecule has 3 aliphatic rings. The number of carbonyl (C=O) groups is 3. The van der Waals surface area contributed by atoms with Crippen LogP contribution in [-0.4, -0.2) is 89.2 Å². The SMILES string of the molecule is CC(=O)O.Cc1c(O)cccc1C(=O)N[C@H]1C[C@H]2CC[C@@H](C1)N2c1ccc(C(=O)N[C@@H](C)c2ccc(N3CCN(C)CC3)cc2)cn1. The van der Waals surface area contributed by atoms with Gasteiger partial charge in [0.15, 0.2) is 0 Å². The maximum Gasteiger partial charge on any atom is 0.300 e. The zero-order valence-corrected chi connectivity index (χ0v) is 27.6. The van der Waals surface area contributed by atoms with Crippen LogP contribution in [0.3, 0.4) is 0 Å². The molecule has 4 atom stereocenters. The second-order valence-electron chi connectivity index (χ2n) is 12.9. The Morgan fingerprint density at radius 3 is 2.15 bits per heavy atom. The summed E-state index contributed by atoms with van der Waals surface area (Å²) in [5.41, 5.74) is 3.95. The van der Waals surface area contributed by atoms with Crippen LogP contribution in [0.25, 0.3) is 0 Å². The summed E-state index contributed by atoms with van der Waals surface area (Å²) in [6.45, 7) is 9.05. The summed E-state index contributed by atoms with van der Waals surface area (Å²) < 4.78 is 0. The van der Waals surface area contributed by atoms with Crippen LogP contribution in [0.1, 0.15) is 77.4 Å². The first-order valence-electron chi connectivity index (χ1n) is 16.4. The predicted molar refractivity (Wildman–Crippen MR) is 182 cm³/mol. The van der Waals surface area contributed by atoms with E-state index in [4.69, 9.17) is 14.9 Å². The fourth-order valence-electron chi connectivity index (χ4n) is 6.88. The van der Waals surface area contributed by atoms with Crippen LogP contribution in [0.5, 0.6) is 5.75 Å². The number of hydrogen-bond donors (Lipinski definition) is 4. The van der Waals surface area contributed by atoms with Crippen molar-refractivity contribution in [3.8, 4) is 5.75 Å². The molecule has 4 N–H and O–H groups in total. The largest absolute Gasteiger partial charge is 0.508 e. The number of pyridine rings is 1. The van der Waals surface area contributed by atoms with Crippen LogP contribution in [0, 0.1) is 6.92 Å². The number of nitrogens with zero attached hydrogens (tertiary/aromatic N) is 4. The maximum absolute atomic E-state index is 13.1. The van der Waals surface area contributed by atoms with Crippen molar-refractivity contribution >= 4 is 29.3 Å². The Morgan fingerprint density at radius 1 is 0.915 bits per heavy atom. The molecule has 0 saturated carbocycles. The highest BCUT2D eigenvalue weighted by Gasteiger charge is 2.42. The van der Waals surface area contributed by atoms with E-state index in [0.29, 0.717) is 16.7 Å². The van der Waals surface area contributed by atoms with E-state index in [0.717, 1.165) is 70.2 Å². The minimum Gasteiger partial charge on any atom is -0.508 e. The summed E-state index contributed by atoms with van der Waals surface area (Å²) >= 11 is 0. The Morgan fingerprint density at radius 2 is 1.55 bits per heavy atom. The lowest BCUT2D eigenvalue weighted by atomic mass is 9.96. The van der Waals surface area contributed by atoms with Crippen LogP contribution in [0.2, 0.25) is 0 Å². The van der Waals surface area contributed by atoms with E-state index < -0.39 is 5.97 Å². The Labute approximate surface area is 276 Å². The van der Waals surface area contributed by atoms with Crippen molar-refractivity contribution in [3.05, 3.63) is 83.0 Å². The molecule has 3 aromatic rings. The topological polar surface area (TPSA) is 138 Å². The van der Waals surface area contributed by atoms with Gasteiger partial charge in [0.1, 0.15) is 11.6 Å². The van der Waals surface area contributed by atoms with Gasteiger partial charge in [-0.2, -0.15) is 0 Å². The maximum atomic E-state index is 13.1. The van der Waals surface area contributed by atoms with Gasteiger partial charge in [0, 0.05) is 74.2 Å². The lowest BCUT2D eigenvalue weighted by molar-refractivity contribution is -0.134. The highest BCUT2D eigenvalue weighted by Crippen LogP contribution is 2.39.